The summed E-state index contributed by atoms with van der Waals surface area (Å²) in [5.41, 5.74) is 0.198. The molecule has 2 nitrogen and oxygen atoms in total. The number of rotatable bonds is 5. The van der Waals surface area contributed by atoms with Crippen LogP contribution in [0, 0.1) is 17.6 Å². The summed E-state index contributed by atoms with van der Waals surface area (Å²) in [6, 6.07) is 4.62. The van der Waals surface area contributed by atoms with Gasteiger partial charge >= 0.3 is 0 Å². The Morgan fingerprint density at radius 2 is 1.95 bits per heavy atom. The molecule has 1 aromatic rings. The number of nitrogens with zero attached hydrogens (tertiary/aromatic N) is 1. The topological polar surface area (TPSA) is 15.3 Å². The van der Waals surface area contributed by atoms with Crippen LogP contribution < -0.4 is 5.32 Å². The van der Waals surface area contributed by atoms with Crippen LogP contribution in [0.1, 0.15) is 32.3 Å². The van der Waals surface area contributed by atoms with E-state index in [1.165, 1.54) is 18.2 Å². The van der Waals surface area contributed by atoms with Crippen LogP contribution in [0.5, 0.6) is 0 Å². The van der Waals surface area contributed by atoms with Gasteiger partial charge in [-0.3, -0.25) is 4.90 Å². The summed E-state index contributed by atoms with van der Waals surface area (Å²) in [6.45, 7) is 7.44. The number of hydrogen-bond donors (Lipinski definition) is 1. The minimum atomic E-state index is -0.438. The Balaban J connectivity index is 2.01. The Bertz CT molecular complexity index is 416. The second kappa shape index (κ2) is 7.14. The summed E-state index contributed by atoms with van der Waals surface area (Å²) < 4.78 is 27.4. The molecule has 1 fully saturated rings. The monoisotopic (exact) mass is 282 g/mol. The molecule has 0 saturated carbocycles. The van der Waals surface area contributed by atoms with E-state index in [0.29, 0.717) is 18.5 Å². The lowest BCUT2D eigenvalue weighted by atomic mass is 9.89. The Morgan fingerprint density at radius 1 is 1.25 bits per heavy atom. The van der Waals surface area contributed by atoms with Crippen LogP contribution >= 0.6 is 0 Å². The van der Waals surface area contributed by atoms with Crippen molar-refractivity contribution in [2.24, 2.45) is 5.92 Å². The van der Waals surface area contributed by atoms with Crippen LogP contribution in [-0.2, 0) is 6.54 Å². The van der Waals surface area contributed by atoms with Crippen molar-refractivity contribution in [3.8, 4) is 0 Å². The highest BCUT2D eigenvalue weighted by Crippen LogP contribution is 2.23. The third-order valence-electron chi connectivity index (χ3n) is 4.25. The van der Waals surface area contributed by atoms with Crippen LogP contribution in [0.4, 0.5) is 8.78 Å². The normalized spacial score (nSPS) is 24.0. The fourth-order valence-electron chi connectivity index (χ4n) is 3.10. The zero-order valence-electron chi connectivity index (χ0n) is 12.3. The standard InChI is InChI=1S/C16H24F2N2/c1-3-12-10-20(9-8-16(12)19-4-2)11-13-14(17)6-5-7-15(13)18/h5-7,12,16,19H,3-4,8-11H2,1-2H3. The third-order valence-corrected chi connectivity index (χ3v) is 4.25. The molecule has 2 atom stereocenters. The first-order valence-electron chi connectivity index (χ1n) is 7.54. The lowest BCUT2D eigenvalue weighted by Crippen LogP contribution is -2.48. The molecule has 112 valence electrons. The third kappa shape index (κ3) is 3.55. The van der Waals surface area contributed by atoms with Gasteiger partial charge in [0, 0.05) is 24.7 Å². The van der Waals surface area contributed by atoms with E-state index in [0.717, 1.165) is 32.5 Å². The average molecular weight is 282 g/mol. The largest absolute Gasteiger partial charge is 0.314 e. The van der Waals surface area contributed by atoms with Crippen LogP contribution in [0.15, 0.2) is 18.2 Å². The zero-order valence-corrected chi connectivity index (χ0v) is 12.3. The number of nitrogens with one attached hydrogen (secondary N) is 1. The van der Waals surface area contributed by atoms with Gasteiger partial charge in [0.1, 0.15) is 11.6 Å². The van der Waals surface area contributed by atoms with Gasteiger partial charge in [-0.15, -0.1) is 0 Å². The SMILES string of the molecule is CCNC1CCN(Cc2c(F)cccc2F)CC1CC. The molecule has 1 N–H and O–H groups in total. The van der Waals surface area contributed by atoms with Gasteiger partial charge in [-0.05, 0) is 37.6 Å². The Hall–Kier alpha value is -1.00. The second-order valence-electron chi connectivity index (χ2n) is 5.56. The number of halogens is 2. The van der Waals surface area contributed by atoms with E-state index in [1.807, 2.05) is 0 Å². The molecular weight excluding hydrogens is 258 g/mol. The first-order valence-corrected chi connectivity index (χ1v) is 7.54. The first kappa shape index (κ1) is 15.4. The Kier molecular flexibility index (Phi) is 5.49. The lowest BCUT2D eigenvalue weighted by Gasteiger charge is -2.38. The number of likely N-dealkylation sites (tertiary alicyclic amines) is 1. The van der Waals surface area contributed by atoms with Gasteiger partial charge in [0.2, 0.25) is 0 Å². The van der Waals surface area contributed by atoms with Gasteiger partial charge in [0.05, 0.1) is 0 Å². The second-order valence-corrected chi connectivity index (χ2v) is 5.56. The Labute approximate surface area is 120 Å². The molecule has 0 amide bonds. The minimum Gasteiger partial charge on any atom is -0.314 e. The molecule has 0 radical (unpaired) electrons. The van der Waals surface area contributed by atoms with Crippen LogP contribution in [0.3, 0.4) is 0 Å². The van der Waals surface area contributed by atoms with Crippen molar-refractivity contribution >= 4 is 0 Å². The van der Waals surface area contributed by atoms with Gasteiger partial charge in [0.15, 0.2) is 0 Å². The molecule has 1 heterocycles. The van der Waals surface area contributed by atoms with Gasteiger partial charge in [-0.1, -0.05) is 26.3 Å². The number of benzene rings is 1. The van der Waals surface area contributed by atoms with Crippen molar-refractivity contribution in [2.45, 2.75) is 39.3 Å². The first-order chi connectivity index (χ1) is 9.65. The highest BCUT2D eigenvalue weighted by Gasteiger charge is 2.28. The highest BCUT2D eigenvalue weighted by atomic mass is 19.1. The Morgan fingerprint density at radius 3 is 2.55 bits per heavy atom. The predicted octanol–water partition coefficient (Wildman–Crippen LogP) is 3.17. The molecule has 20 heavy (non-hydrogen) atoms. The molecule has 1 aliphatic heterocycles. The summed E-state index contributed by atoms with van der Waals surface area (Å²) >= 11 is 0. The van der Waals surface area contributed by atoms with E-state index < -0.39 is 11.6 Å². The molecule has 1 saturated heterocycles. The fraction of sp³-hybridized carbons (Fsp3) is 0.625. The maximum Gasteiger partial charge on any atom is 0.130 e. The van der Waals surface area contributed by atoms with Crippen molar-refractivity contribution in [1.82, 2.24) is 10.2 Å². The van der Waals surface area contributed by atoms with Crippen molar-refractivity contribution in [3.05, 3.63) is 35.4 Å². The van der Waals surface area contributed by atoms with Crippen molar-refractivity contribution in [1.29, 1.82) is 0 Å². The van der Waals surface area contributed by atoms with Crippen molar-refractivity contribution in [3.63, 3.8) is 0 Å². The molecular formula is C16H24F2N2. The average Bonchev–Trinajstić information content (AvgIpc) is 2.44. The molecule has 1 aromatic carbocycles. The predicted molar refractivity (Wildman–Crippen MR) is 77.5 cm³/mol. The van der Waals surface area contributed by atoms with Crippen molar-refractivity contribution < 1.29 is 8.78 Å². The van der Waals surface area contributed by atoms with Gasteiger partial charge < -0.3 is 5.32 Å². The molecule has 4 heteroatoms. The van der Waals surface area contributed by atoms with Gasteiger partial charge in [0.25, 0.3) is 0 Å². The fourth-order valence-corrected chi connectivity index (χ4v) is 3.10. The van der Waals surface area contributed by atoms with Crippen LogP contribution in [0.25, 0.3) is 0 Å². The molecule has 1 aliphatic rings. The van der Waals surface area contributed by atoms with Gasteiger partial charge in [-0.2, -0.15) is 0 Å². The molecule has 2 rings (SSSR count). The summed E-state index contributed by atoms with van der Waals surface area (Å²) in [4.78, 5) is 2.17. The molecule has 0 spiro atoms. The molecule has 0 bridgehead atoms. The van der Waals surface area contributed by atoms with Crippen LogP contribution in [0.2, 0.25) is 0 Å². The molecule has 0 aromatic heterocycles. The van der Waals surface area contributed by atoms with E-state index in [1.54, 1.807) is 0 Å². The minimum absolute atomic E-state index is 0.198. The zero-order chi connectivity index (χ0) is 14.5. The highest BCUT2D eigenvalue weighted by molar-refractivity contribution is 5.19. The van der Waals surface area contributed by atoms with E-state index in [2.05, 4.69) is 24.1 Å². The summed E-state index contributed by atoms with van der Waals surface area (Å²) in [5, 5.41) is 3.52. The quantitative estimate of drug-likeness (QED) is 0.892. The smallest absolute Gasteiger partial charge is 0.130 e. The molecule has 0 aliphatic carbocycles. The summed E-state index contributed by atoms with van der Waals surface area (Å²) in [7, 11) is 0. The van der Waals surface area contributed by atoms with Crippen molar-refractivity contribution in [2.75, 3.05) is 19.6 Å². The maximum absolute atomic E-state index is 13.7. The summed E-state index contributed by atoms with van der Waals surface area (Å²) in [6.07, 6.45) is 2.14. The van der Waals surface area contributed by atoms with E-state index in [4.69, 9.17) is 0 Å². The van der Waals surface area contributed by atoms with Crippen LogP contribution in [-0.4, -0.2) is 30.6 Å². The maximum atomic E-state index is 13.7. The number of hydrogen-bond acceptors (Lipinski definition) is 2. The van der Waals surface area contributed by atoms with Gasteiger partial charge in [-0.25, -0.2) is 8.78 Å². The number of piperidine rings is 1. The lowest BCUT2D eigenvalue weighted by molar-refractivity contribution is 0.127. The van der Waals surface area contributed by atoms with E-state index in [9.17, 15) is 8.78 Å². The summed E-state index contributed by atoms with van der Waals surface area (Å²) in [5.74, 6) is -0.322. The van der Waals surface area contributed by atoms with E-state index in [-0.39, 0.29) is 5.56 Å². The molecule has 2 unspecified atom stereocenters. The van der Waals surface area contributed by atoms with E-state index >= 15 is 0 Å².